The van der Waals surface area contributed by atoms with E-state index < -0.39 is 0 Å². The van der Waals surface area contributed by atoms with Gasteiger partial charge >= 0.3 is 0 Å². The van der Waals surface area contributed by atoms with Crippen LogP contribution in [0.3, 0.4) is 0 Å². The maximum absolute atomic E-state index is 12.0. The van der Waals surface area contributed by atoms with E-state index in [9.17, 15) is 4.79 Å². The number of amides is 1. The lowest BCUT2D eigenvalue weighted by Crippen LogP contribution is -2.51. The molecule has 2 fully saturated rings. The number of likely N-dealkylation sites (tertiary alicyclic amines) is 1. The standard InChI is InChI=1S/C11H17BrN2O/c1-8(12)7-14-6-2-3-10(11(14)15)13-9-4-5-9/h9-10,13H,1-7H2. The molecular formula is C11H17BrN2O. The molecule has 1 N–H and O–H groups in total. The summed E-state index contributed by atoms with van der Waals surface area (Å²) in [6.07, 6.45) is 4.54. The van der Waals surface area contributed by atoms with Crippen LogP contribution >= 0.6 is 15.9 Å². The first-order valence-electron chi connectivity index (χ1n) is 5.55. The van der Waals surface area contributed by atoms with Crippen molar-refractivity contribution in [3.8, 4) is 0 Å². The fourth-order valence-electron chi connectivity index (χ4n) is 1.99. The van der Waals surface area contributed by atoms with Crippen molar-refractivity contribution in [1.82, 2.24) is 10.2 Å². The van der Waals surface area contributed by atoms with Gasteiger partial charge in [-0.2, -0.15) is 0 Å². The van der Waals surface area contributed by atoms with Crippen LogP contribution in [0.2, 0.25) is 0 Å². The molecule has 15 heavy (non-hydrogen) atoms. The smallest absolute Gasteiger partial charge is 0.240 e. The van der Waals surface area contributed by atoms with Gasteiger partial charge in [-0.15, -0.1) is 0 Å². The minimum absolute atomic E-state index is 0.0538. The van der Waals surface area contributed by atoms with Crippen molar-refractivity contribution < 1.29 is 4.79 Å². The summed E-state index contributed by atoms with van der Waals surface area (Å²) in [5.74, 6) is 0.244. The van der Waals surface area contributed by atoms with E-state index in [1.165, 1.54) is 12.8 Å². The molecule has 0 bridgehead atoms. The van der Waals surface area contributed by atoms with Crippen LogP contribution in [0, 0.1) is 0 Å². The van der Waals surface area contributed by atoms with Crippen LogP contribution in [-0.2, 0) is 4.79 Å². The molecule has 1 amide bonds. The lowest BCUT2D eigenvalue weighted by Gasteiger charge is -2.32. The molecule has 0 radical (unpaired) electrons. The second-order valence-electron chi connectivity index (χ2n) is 4.41. The Morgan fingerprint density at radius 3 is 2.87 bits per heavy atom. The minimum Gasteiger partial charge on any atom is -0.337 e. The molecular weight excluding hydrogens is 256 g/mol. The van der Waals surface area contributed by atoms with Gasteiger partial charge in [0.2, 0.25) is 5.91 Å². The number of carbonyl (C=O) groups is 1. The average molecular weight is 273 g/mol. The van der Waals surface area contributed by atoms with Gasteiger partial charge in [0, 0.05) is 17.1 Å². The minimum atomic E-state index is 0.0538. The van der Waals surface area contributed by atoms with E-state index in [1.807, 2.05) is 4.90 Å². The monoisotopic (exact) mass is 272 g/mol. The molecule has 1 saturated heterocycles. The summed E-state index contributed by atoms with van der Waals surface area (Å²) in [4.78, 5) is 13.9. The van der Waals surface area contributed by atoms with Crippen molar-refractivity contribution in [2.75, 3.05) is 13.1 Å². The van der Waals surface area contributed by atoms with E-state index in [0.717, 1.165) is 23.9 Å². The first kappa shape index (κ1) is 11.1. The fourth-order valence-corrected chi connectivity index (χ4v) is 2.30. The van der Waals surface area contributed by atoms with Crippen LogP contribution in [0.1, 0.15) is 25.7 Å². The van der Waals surface area contributed by atoms with Crippen molar-refractivity contribution in [2.24, 2.45) is 0 Å². The molecule has 1 atom stereocenters. The summed E-state index contributed by atoms with van der Waals surface area (Å²) < 4.78 is 0.878. The second-order valence-corrected chi connectivity index (χ2v) is 5.53. The molecule has 0 aromatic heterocycles. The van der Waals surface area contributed by atoms with Crippen LogP contribution in [0.25, 0.3) is 0 Å². The summed E-state index contributed by atoms with van der Waals surface area (Å²) in [6.45, 7) is 5.29. The van der Waals surface area contributed by atoms with E-state index >= 15 is 0 Å². The Morgan fingerprint density at radius 2 is 2.27 bits per heavy atom. The lowest BCUT2D eigenvalue weighted by atomic mass is 10.0. The Morgan fingerprint density at radius 1 is 1.53 bits per heavy atom. The van der Waals surface area contributed by atoms with Gasteiger partial charge in [0.15, 0.2) is 0 Å². The molecule has 84 valence electrons. The molecule has 3 nitrogen and oxygen atoms in total. The highest BCUT2D eigenvalue weighted by Gasteiger charge is 2.33. The number of halogens is 1. The molecule has 1 unspecified atom stereocenters. The number of nitrogens with zero attached hydrogens (tertiary/aromatic N) is 1. The van der Waals surface area contributed by atoms with Gasteiger partial charge in [0.05, 0.1) is 12.6 Å². The Bertz CT molecular complexity index is 276. The van der Waals surface area contributed by atoms with Crippen LogP contribution in [0.15, 0.2) is 11.1 Å². The van der Waals surface area contributed by atoms with Crippen molar-refractivity contribution in [3.05, 3.63) is 11.1 Å². The summed E-state index contributed by atoms with van der Waals surface area (Å²) >= 11 is 3.31. The number of rotatable bonds is 4. The Balaban J connectivity index is 1.89. The number of hydrogen-bond acceptors (Lipinski definition) is 2. The maximum Gasteiger partial charge on any atom is 0.240 e. The predicted molar refractivity (Wildman–Crippen MR) is 63.8 cm³/mol. The van der Waals surface area contributed by atoms with E-state index in [1.54, 1.807) is 0 Å². The zero-order valence-corrected chi connectivity index (χ0v) is 10.4. The molecule has 4 heteroatoms. The van der Waals surface area contributed by atoms with Crippen LogP contribution < -0.4 is 5.32 Å². The zero-order chi connectivity index (χ0) is 10.8. The highest BCUT2D eigenvalue weighted by Crippen LogP contribution is 2.23. The summed E-state index contributed by atoms with van der Waals surface area (Å²) in [5.41, 5.74) is 0. The van der Waals surface area contributed by atoms with E-state index in [0.29, 0.717) is 12.6 Å². The topological polar surface area (TPSA) is 32.3 Å². The summed E-state index contributed by atoms with van der Waals surface area (Å²) in [6, 6.07) is 0.657. The fraction of sp³-hybridized carbons (Fsp3) is 0.727. The Labute approximate surface area is 99.0 Å². The van der Waals surface area contributed by atoms with Crippen LogP contribution in [-0.4, -0.2) is 36.0 Å². The Kier molecular flexibility index (Phi) is 3.46. The van der Waals surface area contributed by atoms with Gasteiger partial charge in [0.25, 0.3) is 0 Å². The van der Waals surface area contributed by atoms with Gasteiger partial charge < -0.3 is 10.2 Å². The molecule has 0 spiro atoms. The van der Waals surface area contributed by atoms with Gasteiger partial charge in [-0.25, -0.2) is 0 Å². The third-order valence-corrected chi connectivity index (χ3v) is 3.16. The van der Waals surface area contributed by atoms with E-state index in [-0.39, 0.29) is 11.9 Å². The normalized spacial score (nSPS) is 26.9. The molecule has 2 rings (SSSR count). The molecule has 1 saturated carbocycles. The highest BCUT2D eigenvalue weighted by molar-refractivity contribution is 9.11. The van der Waals surface area contributed by atoms with Gasteiger partial charge in [-0.05, 0) is 25.7 Å². The number of hydrogen-bond donors (Lipinski definition) is 1. The lowest BCUT2D eigenvalue weighted by molar-refractivity contribution is -0.135. The quantitative estimate of drug-likeness (QED) is 0.844. The number of carbonyl (C=O) groups excluding carboxylic acids is 1. The molecule has 1 heterocycles. The molecule has 0 aromatic carbocycles. The summed E-state index contributed by atoms with van der Waals surface area (Å²) in [7, 11) is 0. The largest absolute Gasteiger partial charge is 0.337 e. The predicted octanol–water partition coefficient (Wildman–Crippen LogP) is 1.64. The van der Waals surface area contributed by atoms with Gasteiger partial charge in [0.1, 0.15) is 0 Å². The maximum atomic E-state index is 12.0. The molecule has 2 aliphatic rings. The van der Waals surface area contributed by atoms with Crippen LogP contribution in [0.5, 0.6) is 0 Å². The average Bonchev–Trinajstić information content (AvgIpc) is 2.95. The highest BCUT2D eigenvalue weighted by atomic mass is 79.9. The number of nitrogens with one attached hydrogen (secondary N) is 1. The SMILES string of the molecule is C=C(Br)CN1CCCC(NC2CC2)C1=O. The molecule has 1 aliphatic carbocycles. The first-order chi connectivity index (χ1) is 7.16. The van der Waals surface area contributed by atoms with E-state index in [4.69, 9.17) is 0 Å². The number of piperidine rings is 1. The third-order valence-electron chi connectivity index (χ3n) is 2.91. The molecule has 1 aliphatic heterocycles. The first-order valence-corrected chi connectivity index (χ1v) is 6.34. The van der Waals surface area contributed by atoms with Crippen molar-refractivity contribution in [1.29, 1.82) is 0 Å². The van der Waals surface area contributed by atoms with Crippen LogP contribution in [0.4, 0.5) is 0 Å². The third kappa shape index (κ3) is 3.05. The summed E-state index contributed by atoms with van der Waals surface area (Å²) in [5, 5.41) is 3.41. The second kappa shape index (κ2) is 4.66. The molecule has 0 aromatic rings. The zero-order valence-electron chi connectivity index (χ0n) is 8.84. The van der Waals surface area contributed by atoms with Crippen molar-refractivity contribution in [2.45, 2.75) is 37.8 Å². The van der Waals surface area contributed by atoms with E-state index in [2.05, 4.69) is 27.8 Å². The van der Waals surface area contributed by atoms with Crippen molar-refractivity contribution in [3.63, 3.8) is 0 Å². The van der Waals surface area contributed by atoms with Crippen molar-refractivity contribution >= 4 is 21.8 Å². The van der Waals surface area contributed by atoms with Gasteiger partial charge in [-0.1, -0.05) is 22.5 Å². The Hall–Kier alpha value is -0.350. The van der Waals surface area contributed by atoms with Gasteiger partial charge in [-0.3, -0.25) is 4.79 Å².